The van der Waals surface area contributed by atoms with Crippen LogP contribution in [0.4, 0.5) is 0 Å². The van der Waals surface area contributed by atoms with Crippen LogP contribution in [-0.2, 0) is 0 Å². The average Bonchev–Trinajstić information content (AvgIpc) is 3.03. The average molecular weight is 408 g/mol. The van der Waals surface area contributed by atoms with Crippen molar-refractivity contribution in [3.8, 4) is 0 Å². The zero-order valence-corrected chi connectivity index (χ0v) is 15.4. The first kappa shape index (κ1) is 16.6. The molecule has 2 heterocycles. The van der Waals surface area contributed by atoms with E-state index >= 15 is 0 Å². The molecular weight excluding hydrogens is 394 g/mol. The van der Waals surface area contributed by atoms with Crippen molar-refractivity contribution in [3.63, 3.8) is 0 Å². The molecule has 4 rings (SSSR count). The standard InChI is InChI=1S/C20H14BrN3O2/c1-11-18(24-19(22-11)12-5-3-2-4-6-12)17-10-15(20(25)26)14-9-13(21)7-8-16(14)23-17/h2-10,19H,1H3,(H,25,26). The third-order valence-corrected chi connectivity index (χ3v) is 4.74. The van der Waals surface area contributed by atoms with Gasteiger partial charge in [0.25, 0.3) is 0 Å². The maximum atomic E-state index is 11.7. The van der Waals surface area contributed by atoms with Crippen LogP contribution in [-0.4, -0.2) is 27.5 Å². The monoisotopic (exact) mass is 407 g/mol. The highest BCUT2D eigenvalue weighted by Crippen LogP contribution is 2.28. The summed E-state index contributed by atoms with van der Waals surface area (Å²) in [6.45, 7) is 1.87. The third-order valence-electron chi connectivity index (χ3n) is 4.25. The molecule has 0 aliphatic carbocycles. The second kappa shape index (κ2) is 6.46. The minimum atomic E-state index is -0.996. The summed E-state index contributed by atoms with van der Waals surface area (Å²) in [6.07, 6.45) is -0.318. The molecule has 1 atom stereocenters. The Balaban J connectivity index is 1.86. The lowest BCUT2D eigenvalue weighted by Crippen LogP contribution is -2.12. The molecule has 0 amide bonds. The number of hydrogen-bond acceptors (Lipinski definition) is 4. The zero-order valence-electron chi connectivity index (χ0n) is 13.8. The van der Waals surface area contributed by atoms with Gasteiger partial charge in [-0.2, -0.15) is 0 Å². The Morgan fingerprint density at radius 1 is 1.08 bits per heavy atom. The molecule has 0 spiro atoms. The first-order chi connectivity index (χ1) is 12.5. The minimum Gasteiger partial charge on any atom is -0.478 e. The number of carbonyl (C=O) groups is 1. The van der Waals surface area contributed by atoms with E-state index in [1.54, 1.807) is 18.2 Å². The van der Waals surface area contributed by atoms with Crippen LogP contribution in [0.25, 0.3) is 10.9 Å². The van der Waals surface area contributed by atoms with Gasteiger partial charge in [0.1, 0.15) is 5.71 Å². The Bertz CT molecular complexity index is 1090. The van der Waals surface area contributed by atoms with Crippen molar-refractivity contribution in [2.45, 2.75) is 13.1 Å². The van der Waals surface area contributed by atoms with Gasteiger partial charge < -0.3 is 5.11 Å². The van der Waals surface area contributed by atoms with Crippen molar-refractivity contribution in [2.75, 3.05) is 0 Å². The second-order valence-corrected chi connectivity index (χ2v) is 6.91. The third kappa shape index (κ3) is 2.93. The van der Waals surface area contributed by atoms with Gasteiger partial charge in [-0.3, -0.25) is 4.99 Å². The number of fused-ring (bicyclic) bond motifs is 1. The smallest absolute Gasteiger partial charge is 0.336 e. The Morgan fingerprint density at radius 2 is 1.85 bits per heavy atom. The second-order valence-electron chi connectivity index (χ2n) is 6.00. The maximum absolute atomic E-state index is 11.7. The molecule has 6 heteroatoms. The van der Waals surface area contributed by atoms with Crippen molar-refractivity contribution >= 4 is 44.2 Å². The molecule has 0 fully saturated rings. The van der Waals surface area contributed by atoms with Gasteiger partial charge in [-0.25, -0.2) is 14.8 Å². The Hall–Kier alpha value is -2.86. The Kier molecular flexibility index (Phi) is 4.12. The van der Waals surface area contributed by atoms with Gasteiger partial charge in [0, 0.05) is 9.86 Å². The van der Waals surface area contributed by atoms with Crippen LogP contribution in [0, 0.1) is 0 Å². The topological polar surface area (TPSA) is 74.9 Å². The number of benzene rings is 2. The number of aromatic carboxylic acids is 1. The number of aromatic nitrogens is 1. The summed E-state index contributed by atoms with van der Waals surface area (Å²) in [4.78, 5) is 25.7. The van der Waals surface area contributed by atoms with Gasteiger partial charge in [-0.05, 0) is 36.8 Å². The SMILES string of the molecule is CC1=NC(c2ccccc2)N=C1c1cc(C(=O)O)c2cc(Br)ccc2n1. The highest BCUT2D eigenvalue weighted by Gasteiger charge is 2.23. The number of hydrogen-bond donors (Lipinski definition) is 1. The number of carboxylic acids is 1. The number of nitrogens with zero attached hydrogens (tertiary/aromatic N) is 3. The molecule has 1 unspecified atom stereocenters. The van der Waals surface area contributed by atoms with Crippen LogP contribution in [0.15, 0.2) is 69.1 Å². The van der Waals surface area contributed by atoms with E-state index in [2.05, 4.69) is 30.9 Å². The zero-order chi connectivity index (χ0) is 18.3. The maximum Gasteiger partial charge on any atom is 0.336 e. The van der Waals surface area contributed by atoms with E-state index in [1.807, 2.05) is 43.3 Å². The summed E-state index contributed by atoms with van der Waals surface area (Å²) >= 11 is 3.38. The van der Waals surface area contributed by atoms with Crippen LogP contribution in [0.5, 0.6) is 0 Å². The van der Waals surface area contributed by atoms with Gasteiger partial charge in [-0.15, -0.1) is 0 Å². The van der Waals surface area contributed by atoms with E-state index in [0.717, 1.165) is 15.7 Å². The molecule has 128 valence electrons. The van der Waals surface area contributed by atoms with Gasteiger partial charge in [-0.1, -0.05) is 46.3 Å². The molecule has 1 aliphatic rings. The predicted molar refractivity (Wildman–Crippen MR) is 105 cm³/mol. The highest BCUT2D eigenvalue weighted by atomic mass is 79.9. The van der Waals surface area contributed by atoms with Gasteiger partial charge in [0.05, 0.1) is 22.5 Å². The molecule has 0 bridgehead atoms. The molecule has 0 radical (unpaired) electrons. The fourth-order valence-corrected chi connectivity index (χ4v) is 3.37. The quantitative estimate of drug-likeness (QED) is 0.685. The normalized spacial score (nSPS) is 16.5. The van der Waals surface area contributed by atoms with Crippen molar-refractivity contribution in [1.82, 2.24) is 4.98 Å². The molecule has 1 N–H and O–H groups in total. The first-order valence-corrected chi connectivity index (χ1v) is 8.84. The Labute approximate surface area is 158 Å². The lowest BCUT2D eigenvalue weighted by atomic mass is 10.0. The Morgan fingerprint density at radius 3 is 2.58 bits per heavy atom. The highest BCUT2D eigenvalue weighted by molar-refractivity contribution is 9.10. The minimum absolute atomic E-state index is 0.199. The summed E-state index contributed by atoms with van der Waals surface area (Å²) in [7, 11) is 0. The van der Waals surface area contributed by atoms with Crippen LogP contribution in [0.2, 0.25) is 0 Å². The predicted octanol–water partition coefficient (Wildman–Crippen LogP) is 4.66. The van der Waals surface area contributed by atoms with Crippen molar-refractivity contribution in [1.29, 1.82) is 0 Å². The van der Waals surface area contributed by atoms with Crippen molar-refractivity contribution < 1.29 is 9.90 Å². The summed E-state index contributed by atoms with van der Waals surface area (Å²) in [6, 6.07) is 16.8. The number of carboxylic acid groups (broad SMARTS) is 1. The van der Waals surface area contributed by atoms with Crippen molar-refractivity contribution in [2.24, 2.45) is 9.98 Å². The fourth-order valence-electron chi connectivity index (χ4n) is 3.01. The van der Waals surface area contributed by atoms with E-state index in [4.69, 9.17) is 0 Å². The fraction of sp³-hybridized carbons (Fsp3) is 0.100. The number of rotatable bonds is 3. The van der Waals surface area contributed by atoms with E-state index in [9.17, 15) is 9.90 Å². The summed E-state index contributed by atoms with van der Waals surface area (Å²) in [5.74, 6) is -0.996. The van der Waals surface area contributed by atoms with E-state index in [-0.39, 0.29) is 11.7 Å². The molecule has 0 saturated carbocycles. The molecule has 1 aliphatic heterocycles. The van der Waals surface area contributed by atoms with Crippen LogP contribution in [0.3, 0.4) is 0 Å². The molecule has 26 heavy (non-hydrogen) atoms. The lowest BCUT2D eigenvalue weighted by Gasteiger charge is -2.08. The molecule has 5 nitrogen and oxygen atoms in total. The van der Waals surface area contributed by atoms with E-state index < -0.39 is 5.97 Å². The molecular formula is C20H14BrN3O2. The number of pyridine rings is 1. The number of aliphatic imine (C=N–C) groups is 2. The molecule has 2 aromatic carbocycles. The van der Waals surface area contributed by atoms with Crippen molar-refractivity contribution in [3.05, 3.63) is 75.9 Å². The van der Waals surface area contributed by atoms with Gasteiger partial charge >= 0.3 is 5.97 Å². The molecule has 1 aromatic heterocycles. The lowest BCUT2D eigenvalue weighted by molar-refractivity contribution is 0.0699. The van der Waals surface area contributed by atoms with E-state index in [0.29, 0.717) is 22.3 Å². The van der Waals surface area contributed by atoms with Gasteiger partial charge in [0.15, 0.2) is 6.17 Å². The molecule has 3 aromatic rings. The summed E-state index contributed by atoms with van der Waals surface area (Å²) in [5.41, 5.74) is 3.71. The summed E-state index contributed by atoms with van der Waals surface area (Å²) < 4.78 is 0.808. The van der Waals surface area contributed by atoms with Crippen LogP contribution < -0.4 is 0 Å². The van der Waals surface area contributed by atoms with Gasteiger partial charge in [0.2, 0.25) is 0 Å². The number of halogens is 1. The van der Waals surface area contributed by atoms with E-state index in [1.165, 1.54) is 0 Å². The van der Waals surface area contributed by atoms with Crippen LogP contribution in [0.1, 0.15) is 34.7 Å². The largest absolute Gasteiger partial charge is 0.478 e. The molecule has 0 saturated heterocycles. The first-order valence-electron chi connectivity index (χ1n) is 8.04. The van der Waals surface area contributed by atoms with Crippen LogP contribution >= 0.6 is 15.9 Å². The summed E-state index contributed by atoms with van der Waals surface area (Å²) in [5, 5.41) is 10.2.